The van der Waals surface area contributed by atoms with Crippen molar-refractivity contribution in [1.29, 1.82) is 0 Å². The summed E-state index contributed by atoms with van der Waals surface area (Å²) in [5.41, 5.74) is 10.7. The van der Waals surface area contributed by atoms with Crippen LogP contribution in [0.1, 0.15) is 18.7 Å². The van der Waals surface area contributed by atoms with Crippen molar-refractivity contribution >= 4 is 34.1 Å². The van der Waals surface area contributed by atoms with E-state index < -0.39 is 30.6 Å². The van der Waals surface area contributed by atoms with E-state index in [4.69, 9.17) is 28.4 Å². The second-order valence-corrected chi connectivity index (χ2v) is 6.09. The number of aliphatic hydroxyl groups excluding tert-OH is 2. The van der Waals surface area contributed by atoms with Gasteiger partial charge in [-0.25, -0.2) is 9.97 Å². The van der Waals surface area contributed by atoms with Gasteiger partial charge in [0.05, 0.1) is 12.0 Å². The third-order valence-corrected chi connectivity index (χ3v) is 4.31. The molecule has 1 aliphatic rings. The quantitative estimate of drug-likeness (QED) is 0.427. The van der Waals surface area contributed by atoms with E-state index >= 15 is 0 Å². The molecule has 0 bridgehead atoms. The first-order valence-electron chi connectivity index (χ1n) is 6.86. The second kappa shape index (κ2) is 5.35. The zero-order chi connectivity index (χ0) is 16.9. The molecule has 2 aromatic rings. The van der Waals surface area contributed by atoms with Crippen molar-refractivity contribution in [3.63, 3.8) is 0 Å². The van der Waals surface area contributed by atoms with E-state index in [0.29, 0.717) is 16.6 Å². The third-order valence-electron chi connectivity index (χ3n) is 4.09. The van der Waals surface area contributed by atoms with Gasteiger partial charge >= 0.3 is 0 Å². The predicted octanol–water partition coefficient (Wildman–Crippen LogP) is -1.35. The van der Waals surface area contributed by atoms with Crippen LogP contribution < -0.4 is 11.5 Å². The number of anilines is 1. The Balaban J connectivity index is 2.21. The molecule has 0 radical (unpaired) electrons. The Bertz CT molecular complexity index is 777. The van der Waals surface area contributed by atoms with Crippen molar-refractivity contribution in [3.8, 4) is 0 Å². The minimum Gasteiger partial charge on any atom is -0.394 e. The topological polar surface area (TPSA) is 153 Å². The summed E-state index contributed by atoms with van der Waals surface area (Å²) in [5.74, 6) is 0.188. The number of nitrogens with zero attached hydrogens (tertiary/aromatic N) is 3. The summed E-state index contributed by atoms with van der Waals surface area (Å²) in [4.78, 5) is 8.16. The zero-order valence-corrected chi connectivity index (χ0v) is 13.1. The first-order valence-corrected chi connectivity index (χ1v) is 7.27. The number of hydrogen-bond donors (Lipinski definition) is 5. The minimum atomic E-state index is -1.66. The highest BCUT2D eigenvalue weighted by Gasteiger charge is 2.53. The highest BCUT2D eigenvalue weighted by atomic mass is 32.1. The van der Waals surface area contributed by atoms with Crippen LogP contribution in [0.5, 0.6) is 0 Å². The molecule has 0 amide bonds. The molecule has 0 saturated carbocycles. The van der Waals surface area contributed by atoms with Gasteiger partial charge in [-0.15, -0.1) is 0 Å². The molecule has 0 aliphatic carbocycles. The van der Waals surface area contributed by atoms with Crippen LogP contribution in [0.2, 0.25) is 0 Å². The van der Waals surface area contributed by atoms with Crippen molar-refractivity contribution in [3.05, 3.63) is 18.1 Å². The average Bonchev–Trinajstić information content (AvgIpc) is 2.97. The largest absolute Gasteiger partial charge is 0.394 e. The van der Waals surface area contributed by atoms with E-state index in [1.54, 1.807) is 6.20 Å². The van der Waals surface area contributed by atoms with Crippen molar-refractivity contribution in [2.24, 2.45) is 5.73 Å². The second-order valence-electron chi connectivity index (χ2n) is 5.65. The summed E-state index contributed by atoms with van der Waals surface area (Å²) in [6.07, 6.45) is -0.401. The Morgan fingerprint density at radius 1 is 1.52 bits per heavy atom. The van der Waals surface area contributed by atoms with Gasteiger partial charge in [0.1, 0.15) is 40.6 Å². The highest BCUT2D eigenvalue weighted by molar-refractivity contribution is 7.80. The molecule has 9 nitrogen and oxygen atoms in total. The van der Waals surface area contributed by atoms with Crippen LogP contribution in [0, 0.1) is 0 Å². The fourth-order valence-corrected chi connectivity index (χ4v) is 3.02. The third kappa shape index (κ3) is 2.26. The van der Waals surface area contributed by atoms with E-state index in [1.165, 1.54) is 17.8 Å². The monoisotopic (exact) mass is 339 g/mol. The summed E-state index contributed by atoms with van der Waals surface area (Å²) < 4.78 is 7.08. The van der Waals surface area contributed by atoms with E-state index in [2.05, 4.69) is 9.97 Å². The van der Waals surface area contributed by atoms with Gasteiger partial charge in [-0.05, 0) is 6.92 Å². The summed E-state index contributed by atoms with van der Waals surface area (Å²) in [7, 11) is 0. The Morgan fingerprint density at radius 3 is 2.78 bits per heavy atom. The molecule has 10 heteroatoms. The molecule has 23 heavy (non-hydrogen) atoms. The van der Waals surface area contributed by atoms with Gasteiger partial charge in [0, 0.05) is 11.8 Å². The predicted molar refractivity (Wildman–Crippen MR) is 85.5 cm³/mol. The first-order chi connectivity index (χ1) is 10.8. The normalized spacial score (nSPS) is 30.9. The summed E-state index contributed by atoms with van der Waals surface area (Å²) in [5, 5.41) is 30.5. The Labute approximate surface area is 136 Å². The van der Waals surface area contributed by atoms with E-state index in [-0.39, 0.29) is 10.8 Å². The lowest BCUT2D eigenvalue weighted by Gasteiger charge is -2.27. The molecule has 1 saturated heterocycles. The number of nitrogen functional groups attached to an aromatic ring is 1. The molecule has 3 rings (SSSR count). The van der Waals surface area contributed by atoms with Crippen molar-refractivity contribution in [2.75, 3.05) is 12.3 Å². The maximum absolute atomic E-state index is 10.6. The zero-order valence-electron chi connectivity index (χ0n) is 12.2. The fourth-order valence-electron chi connectivity index (χ4n) is 2.86. The molecule has 2 unspecified atom stereocenters. The van der Waals surface area contributed by atoms with Gasteiger partial charge in [-0.3, -0.25) is 0 Å². The molecule has 2 aromatic heterocycles. The van der Waals surface area contributed by atoms with Crippen molar-refractivity contribution in [1.82, 2.24) is 14.5 Å². The van der Waals surface area contributed by atoms with Crippen LogP contribution in [0.4, 0.5) is 5.82 Å². The average molecular weight is 339 g/mol. The van der Waals surface area contributed by atoms with Crippen LogP contribution in [-0.2, 0) is 4.74 Å². The van der Waals surface area contributed by atoms with Crippen molar-refractivity contribution < 1.29 is 20.1 Å². The lowest BCUT2D eigenvalue weighted by Crippen LogP contribution is -2.44. The molecule has 0 aromatic carbocycles. The minimum absolute atomic E-state index is 0.0900. The number of rotatable bonds is 3. The SMILES string of the molecule is C[C@@]1(O)C(O)[C@@H](CO)OC1n1cc(C(N)=S)c2c(N)ncnc21. The lowest BCUT2D eigenvalue weighted by molar-refractivity contribution is -0.0948. The maximum Gasteiger partial charge on any atom is 0.167 e. The van der Waals surface area contributed by atoms with Gasteiger partial charge in [0.25, 0.3) is 0 Å². The number of aliphatic hydroxyl groups is 3. The number of ether oxygens (including phenoxy) is 1. The molecule has 4 atom stereocenters. The summed E-state index contributed by atoms with van der Waals surface area (Å²) in [6, 6.07) is 0. The van der Waals surface area contributed by atoms with Crippen LogP contribution in [-0.4, -0.2) is 59.3 Å². The highest BCUT2D eigenvalue weighted by Crippen LogP contribution is 2.40. The number of nitrogens with two attached hydrogens (primary N) is 2. The number of thiocarbonyl (C=S) groups is 1. The van der Waals surface area contributed by atoms with E-state index in [9.17, 15) is 15.3 Å². The first kappa shape index (κ1) is 16.0. The van der Waals surface area contributed by atoms with Crippen LogP contribution in [0.25, 0.3) is 11.0 Å². The maximum atomic E-state index is 10.6. The van der Waals surface area contributed by atoms with Gasteiger partial charge < -0.3 is 36.1 Å². The fraction of sp³-hybridized carbons (Fsp3) is 0.462. The number of hydrogen-bond acceptors (Lipinski definition) is 8. The molecular formula is C13H17N5O4S. The molecule has 124 valence electrons. The Kier molecular flexibility index (Phi) is 3.73. The molecule has 1 fully saturated rings. The molecule has 3 heterocycles. The number of aromatic nitrogens is 3. The van der Waals surface area contributed by atoms with E-state index in [1.807, 2.05) is 0 Å². The molecule has 7 N–H and O–H groups in total. The summed E-state index contributed by atoms with van der Waals surface area (Å²) in [6.45, 7) is 0.973. The molecular weight excluding hydrogens is 322 g/mol. The van der Waals surface area contributed by atoms with E-state index in [0.717, 1.165) is 0 Å². The lowest BCUT2D eigenvalue weighted by atomic mass is 9.96. The van der Waals surface area contributed by atoms with Crippen molar-refractivity contribution in [2.45, 2.75) is 31.0 Å². The standard InChI is InChI=1S/C13H17N5O4S/c1-13(21)8(20)6(3-19)22-12(13)18-2-5(10(15)23)7-9(14)16-4-17-11(7)18/h2,4,6,8,12,19-21H,3H2,1H3,(H2,15,23)(H2,14,16,17)/t6-,8?,12?,13-/m1/s1. The van der Waals surface area contributed by atoms with Gasteiger partial charge in [-0.2, -0.15) is 0 Å². The number of fused-ring (bicyclic) bond motifs is 1. The van der Waals surface area contributed by atoms with Gasteiger partial charge in [-0.1, -0.05) is 12.2 Å². The Hall–Kier alpha value is -1.85. The molecule has 1 aliphatic heterocycles. The van der Waals surface area contributed by atoms with Crippen LogP contribution in [0.3, 0.4) is 0 Å². The summed E-state index contributed by atoms with van der Waals surface area (Å²) >= 11 is 5.02. The molecule has 0 spiro atoms. The van der Waals surface area contributed by atoms with Crippen LogP contribution >= 0.6 is 12.2 Å². The van der Waals surface area contributed by atoms with Crippen LogP contribution in [0.15, 0.2) is 12.5 Å². The van der Waals surface area contributed by atoms with Gasteiger partial charge in [0.15, 0.2) is 6.23 Å². The van der Waals surface area contributed by atoms with Gasteiger partial charge in [0.2, 0.25) is 0 Å². The Morgan fingerprint density at radius 2 is 2.22 bits per heavy atom. The smallest absolute Gasteiger partial charge is 0.167 e.